The lowest BCUT2D eigenvalue weighted by atomic mass is 10.1. The van der Waals surface area contributed by atoms with Crippen molar-refractivity contribution in [3.05, 3.63) is 71.8 Å². The molecule has 0 heterocycles. The number of allylic oxidation sites excluding steroid dienone is 2. The molecule has 0 saturated carbocycles. The second-order valence-electron chi connectivity index (χ2n) is 11.4. The molecule has 1 amide bonds. The van der Waals surface area contributed by atoms with E-state index in [1.807, 2.05) is 48.5 Å². The fourth-order valence-corrected chi connectivity index (χ4v) is 5.83. The van der Waals surface area contributed by atoms with Crippen LogP contribution in [0.5, 0.6) is 11.5 Å². The van der Waals surface area contributed by atoms with Gasteiger partial charge < -0.3 is 24.6 Å². The summed E-state index contributed by atoms with van der Waals surface area (Å²) in [7, 11) is -2.67. The predicted octanol–water partition coefficient (Wildman–Crippen LogP) is 8.52. The molecule has 0 bridgehead atoms. The van der Waals surface area contributed by atoms with E-state index in [0.29, 0.717) is 25.2 Å². The van der Waals surface area contributed by atoms with Crippen LogP contribution in [0.15, 0.2) is 60.7 Å². The number of amides is 1. The van der Waals surface area contributed by atoms with Crippen LogP contribution in [0.25, 0.3) is 0 Å². The van der Waals surface area contributed by atoms with Gasteiger partial charge in [0.2, 0.25) is 5.91 Å². The summed E-state index contributed by atoms with van der Waals surface area (Å²) in [5.41, 5.74) is 1.85. The summed E-state index contributed by atoms with van der Waals surface area (Å²) < 4.78 is 22.9. The molecule has 0 spiro atoms. The third-order valence-electron chi connectivity index (χ3n) is 7.43. The SMILES string of the molecule is CCCCCCCC/C=C\CCCCCCCC(=O)N[C@@H](Cc1ccc(OCc2cccc(OC)c2)cc1)CP(=O)(O)O. The highest BCUT2D eigenvalue weighted by atomic mass is 31.2. The number of benzene rings is 2. The molecule has 3 N–H and O–H groups in total. The van der Waals surface area contributed by atoms with E-state index < -0.39 is 13.6 Å². The average Bonchev–Trinajstić information content (AvgIpc) is 2.98. The molecular formula is C35H54NO6P. The van der Waals surface area contributed by atoms with Gasteiger partial charge in [-0.2, -0.15) is 0 Å². The van der Waals surface area contributed by atoms with Gasteiger partial charge in [0, 0.05) is 12.5 Å². The summed E-state index contributed by atoms with van der Waals surface area (Å²) in [6.45, 7) is 2.64. The lowest BCUT2D eigenvalue weighted by Crippen LogP contribution is -2.39. The van der Waals surface area contributed by atoms with Crippen molar-refractivity contribution in [3.8, 4) is 11.5 Å². The monoisotopic (exact) mass is 615 g/mol. The van der Waals surface area contributed by atoms with Crippen LogP contribution in [0, 0.1) is 0 Å². The molecule has 0 saturated heterocycles. The van der Waals surface area contributed by atoms with Gasteiger partial charge in [-0.1, -0.05) is 94.7 Å². The summed E-state index contributed by atoms with van der Waals surface area (Å²) in [5, 5.41) is 2.86. The van der Waals surface area contributed by atoms with E-state index in [1.54, 1.807) is 7.11 Å². The first-order valence-corrected chi connectivity index (χ1v) is 17.9. The highest BCUT2D eigenvalue weighted by Gasteiger charge is 2.23. The largest absolute Gasteiger partial charge is 0.497 e. The van der Waals surface area contributed by atoms with Crippen molar-refractivity contribution >= 4 is 13.5 Å². The third-order valence-corrected chi connectivity index (χ3v) is 8.35. The number of ether oxygens (including phenoxy) is 2. The first-order valence-electron chi connectivity index (χ1n) is 16.1. The molecule has 2 aromatic rings. The van der Waals surface area contributed by atoms with Gasteiger partial charge in [-0.3, -0.25) is 9.36 Å². The maximum Gasteiger partial charge on any atom is 0.327 e. The molecule has 0 aliphatic rings. The van der Waals surface area contributed by atoms with Crippen molar-refractivity contribution in [2.45, 2.75) is 116 Å². The lowest BCUT2D eigenvalue weighted by Gasteiger charge is -2.20. The zero-order valence-corrected chi connectivity index (χ0v) is 27.2. The molecule has 2 rings (SSSR count). The van der Waals surface area contributed by atoms with E-state index >= 15 is 0 Å². The molecule has 0 aliphatic carbocycles. The van der Waals surface area contributed by atoms with Crippen LogP contribution in [0.4, 0.5) is 0 Å². The highest BCUT2D eigenvalue weighted by Crippen LogP contribution is 2.35. The molecule has 43 heavy (non-hydrogen) atoms. The third kappa shape index (κ3) is 18.6. The Morgan fingerprint density at radius 3 is 2.09 bits per heavy atom. The molecule has 0 fully saturated rings. The van der Waals surface area contributed by atoms with Crippen molar-refractivity contribution in [1.82, 2.24) is 5.32 Å². The van der Waals surface area contributed by atoms with Crippen molar-refractivity contribution in [2.24, 2.45) is 0 Å². The molecule has 2 aromatic carbocycles. The molecule has 240 valence electrons. The first-order chi connectivity index (χ1) is 20.8. The molecule has 0 aromatic heterocycles. The van der Waals surface area contributed by atoms with E-state index in [2.05, 4.69) is 24.4 Å². The Labute approximate surface area is 259 Å². The van der Waals surface area contributed by atoms with E-state index in [0.717, 1.165) is 49.0 Å². The number of methoxy groups -OCH3 is 1. The Morgan fingerprint density at radius 2 is 1.47 bits per heavy atom. The molecule has 1 atom stereocenters. The fraction of sp³-hybridized carbons (Fsp3) is 0.571. The number of nitrogens with one attached hydrogen (secondary N) is 1. The van der Waals surface area contributed by atoms with Crippen molar-refractivity contribution < 1.29 is 28.6 Å². The van der Waals surface area contributed by atoms with Crippen LogP contribution >= 0.6 is 7.60 Å². The second kappa shape index (κ2) is 22.0. The number of rotatable bonds is 24. The molecular weight excluding hydrogens is 561 g/mol. The molecule has 0 radical (unpaired) electrons. The van der Waals surface area contributed by atoms with Gasteiger partial charge >= 0.3 is 7.60 Å². The quantitative estimate of drug-likeness (QED) is 0.0621. The Hall–Kier alpha value is -2.60. The average molecular weight is 616 g/mol. The number of hydrogen-bond acceptors (Lipinski definition) is 4. The van der Waals surface area contributed by atoms with E-state index in [9.17, 15) is 19.1 Å². The van der Waals surface area contributed by atoms with Gasteiger partial charge in [0.1, 0.15) is 18.1 Å². The van der Waals surface area contributed by atoms with E-state index in [4.69, 9.17) is 9.47 Å². The summed E-state index contributed by atoms with van der Waals surface area (Å²) in [4.78, 5) is 31.7. The Balaban J connectivity index is 1.64. The van der Waals surface area contributed by atoms with Gasteiger partial charge in [0.25, 0.3) is 0 Å². The van der Waals surface area contributed by atoms with Crippen LogP contribution in [0.2, 0.25) is 0 Å². The minimum Gasteiger partial charge on any atom is -0.497 e. The van der Waals surface area contributed by atoms with Gasteiger partial charge in [-0.05, 0) is 73.9 Å². The van der Waals surface area contributed by atoms with E-state index in [-0.39, 0.29) is 12.1 Å². The zero-order chi connectivity index (χ0) is 31.2. The maximum absolute atomic E-state index is 12.6. The van der Waals surface area contributed by atoms with Gasteiger partial charge in [-0.15, -0.1) is 0 Å². The van der Waals surface area contributed by atoms with E-state index in [1.165, 1.54) is 51.4 Å². The summed E-state index contributed by atoms with van der Waals surface area (Å²) in [5.74, 6) is 1.30. The predicted molar refractivity (Wildman–Crippen MR) is 176 cm³/mol. The smallest absolute Gasteiger partial charge is 0.327 e. The van der Waals surface area contributed by atoms with Crippen LogP contribution in [-0.4, -0.2) is 35.0 Å². The number of unbranched alkanes of at least 4 members (excludes halogenated alkanes) is 11. The summed E-state index contributed by atoms with van der Waals surface area (Å²) in [6.07, 6.45) is 20.5. The molecule has 0 unspecified atom stereocenters. The van der Waals surface area contributed by atoms with Gasteiger partial charge in [0.05, 0.1) is 13.3 Å². The van der Waals surface area contributed by atoms with Crippen molar-refractivity contribution in [1.29, 1.82) is 0 Å². The zero-order valence-electron chi connectivity index (χ0n) is 26.3. The lowest BCUT2D eigenvalue weighted by molar-refractivity contribution is -0.121. The fourth-order valence-electron chi connectivity index (χ4n) is 5.04. The normalized spacial score (nSPS) is 12.4. The van der Waals surface area contributed by atoms with Crippen LogP contribution in [0.3, 0.4) is 0 Å². The molecule has 7 nitrogen and oxygen atoms in total. The topological polar surface area (TPSA) is 105 Å². The Morgan fingerprint density at radius 1 is 0.837 bits per heavy atom. The maximum atomic E-state index is 12.6. The van der Waals surface area contributed by atoms with Crippen LogP contribution in [0.1, 0.15) is 108 Å². The summed E-state index contributed by atoms with van der Waals surface area (Å²) >= 11 is 0. The molecule has 8 heteroatoms. The standard InChI is InChI=1S/C35H54NO6P/c1-3-4-5-6-7-8-9-10-11-12-13-14-15-16-17-21-35(37)36-32(29-43(38,39)40)26-30-22-24-33(25-23-30)42-28-31-19-18-20-34(27-31)41-2/h10-11,18-20,22-25,27,32H,3-9,12-17,21,26,28-29H2,1-2H3,(H,36,37)(H2,38,39,40)/b11-10-/t32-/m0/s1. The van der Waals surface area contributed by atoms with Crippen molar-refractivity contribution in [2.75, 3.05) is 13.3 Å². The van der Waals surface area contributed by atoms with Crippen LogP contribution in [-0.2, 0) is 22.4 Å². The van der Waals surface area contributed by atoms with Crippen molar-refractivity contribution in [3.63, 3.8) is 0 Å². The summed E-state index contributed by atoms with van der Waals surface area (Å²) in [6, 6.07) is 14.4. The number of hydrogen-bond donors (Lipinski definition) is 3. The molecule has 0 aliphatic heterocycles. The Kier molecular flexibility index (Phi) is 18.7. The second-order valence-corrected chi connectivity index (χ2v) is 13.1. The number of carbonyl (C=O) groups excluding carboxylic acids is 1. The number of carbonyl (C=O) groups is 1. The van der Waals surface area contributed by atoms with Crippen LogP contribution < -0.4 is 14.8 Å². The minimum absolute atomic E-state index is 0.158. The Bertz CT molecular complexity index is 1100. The first kappa shape index (κ1) is 36.6. The van der Waals surface area contributed by atoms with Gasteiger partial charge in [0.15, 0.2) is 0 Å². The minimum atomic E-state index is -4.29. The highest BCUT2D eigenvalue weighted by molar-refractivity contribution is 7.51. The van der Waals surface area contributed by atoms with Gasteiger partial charge in [-0.25, -0.2) is 0 Å².